The molecular weight excluding hydrogens is 430 g/mol. The Morgan fingerprint density at radius 3 is 2.29 bits per heavy atom. The van der Waals surface area contributed by atoms with Crippen molar-refractivity contribution in [1.29, 1.82) is 0 Å². The van der Waals surface area contributed by atoms with E-state index in [-0.39, 0.29) is 48.8 Å². The van der Waals surface area contributed by atoms with E-state index in [9.17, 15) is 19.2 Å². The average molecular weight is 448 g/mol. The number of carbonyl (C=O) groups is 4. The molecule has 1 aromatic carbocycles. The fourth-order valence-electron chi connectivity index (χ4n) is 3.47. The molecule has 0 spiro atoms. The summed E-state index contributed by atoms with van der Waals surface area (Å²) in [5.74, 6) is -0.831. The number of rotatable bonds is 3. The van der Waals surface area contributed by atoms with Crippen LogP contribution in [0.15, 0.2) is 33.2 Å². The van der Waals surface area contributed by atoms with Gasteiger partial charge in [0.05, 0.1) is 0 Å². The maximum absolute atomic E-state index is 12.7. The van der Waals surface area contributed by atoms with Crippen molar-refractivity contribution >= 4 is 50.5 Å². The molecule has 4 amide bonds. The summed E-state index contributed by atoms with van der Waals surface area (Å²) in [4.78, 5) is 52.7. The highest BCUT2D eigenvalue weighted by atomic mass is 79.9. The lowest BCUT2D eigenvalue weighted by molar-refractivity contribution is -0.146. The van der Waals surface area contributed by atoms with E-state index in [1.54, 1.807) is 21.9 Å². The van der Waals surface area contributed by atoms with E-state index >= 15 is 0 Å². The molecule has 0 aliphatic carbocycles. The van der Waals surface area contributed by atoms with Gasteiger partial charge in [0.15, 0.2) is 5.76 Å². The molecule has 3 heterocycles. The molecule has 8 nitrogen and oxygen atoms in total. The number of piperazine rings is 1. The first kappa shape index (κ1) is 18.7. The van der Waals surface area contributed by atoms with Gasteiger partial charge in [0.2, 0.25) is 17.7 Å². The molecule has 2 fully saturated rings. The highest BCUT2D eigenvalue weighted by molar-refractivity contribution is 9.10. The van der Waals surface area contributed by atoms with E-state index in [2.05, 4.69) is 15.9 Å². The van der Waals surface area contributed by atoms with Gasteiger partial charge in [0.1, 0.15) is 12.1 Å². The predicted molar refractivity (Wildman–Crippen MR) is 102 cm³/mol. The van der Waals surface area contributed by atoms with Crippen molar-refractivity contribution in [2.24, 2.45) is 0 Å². The van der Waals surface area contributed by atoms with Crippen LogP contribution in [0.25, 0.3) is 11.0 Å². The van der Waals surface area contributed by atoms with Crippen molar-refractivity contribution in [2.75, 3.05) is 32.7 Å². The zero-order valence-electron chi connectivity index (χ0n) is 15.0. The van der Waals surface area contributed by atoms with Gasteiger partial charge in [-0.2, -0.15) is 0 Å². The van der Waals surface area contributed by atoms with E-state index < -0.39 is 0 Å². The van der Waals surface area contributed by atoms with Crippen LogP contribution in [0.3, 0.4) is 0 Å². The van der Waals surface area contributed by atoms with Crippen LogP contribution in [0.5, 0.6) is 0 Å². The second-order valence-corrected chi connectivity index (χ2v) is 7.76. The quantitative estimate of drug-likeness (QED) is 0.666. The summed E-state index contributed by atoms with van der Waals surface area (Å²) in [5.41, 5.74) is 0.639. The number of benzene rings is 1. The number of amides is 4. The predicted octanol–water partition coefficient (Wildman–Crippen LogP) is 1.63. The van der Waals surface area contributed by atoms with Crippen molar-refractivity contribution in [3.05, 3.63) is 34.5 Å². The minimum absolute atomic E-state index is 0.169. The molecular formula is C19H18BrN3O5. The summed E-state index contributed by atoms with van der Waals surface area (Å²) in [5, 5.41) is 0.839. The zero-order chi connectivity index (χ0) is 19.8. The maximum atomic E-state index is 12.7. The number of furan rings is 1. The maximum Gasteiger partial charge on any atom is 0.289 e. The fraction of sp³-hybridized carbons (Fsp3) is 0.368. The lowest BCUT2D eigenvalue weighted by Crippen LogP contribution is -2.53. The number of hydrogen-bond donors (Lipinski definition) is 0. The molecule has 0 radical (unpaired) electrons. The topological polar surface area (TPSA) is 91.1 Å². The third-order valence-corrected chi connectivity index (χ3v) is 5.55. The smallest absolute Gasteiger partial charge is 0.289 e. The molecule has 0 atom stereocenters. The molecule has 0 unspecified atom stereocenters. The third kappa shape index (κ3) is 3.54. The summed E-state index contributed by atoms with van der Waals surface area (Å²) in [6.45, 7) is 1.23. The third-order valence-electron chi connectivity index (χ3n) is 5.06. The Bertz CT molecular complexity index is 961. The van der Waals surface area contributed by atoms with Gasteiger partial charge in [-0.1, -0.05) is 15.9 Å². The molecule has 4 rings (SSSR count). The van der Waals surface area contributed by atoms with Crippen molar-refractivity contribution in [2.45, 2.75) is 12.8 Å². The van der Waals surface area contributed by atoms with E-state index in [1.165, 1.54) is 0 Å². The lowest BCUT2D eigenvalue weighted by Gasteiger charge is -2.34. The van der Waals surface area contributed by atoms with E-state index in [4.69, 9.17) is 4.42 Å². The highest BCUT2D eigenvalue weighted by Crippen LogP contribution is 2.24. The number of carbonyl (C=O) groups excluding carboxylic acids is 4. The van der Waals surface area contributed by atoms with Gasteiger partial charge in [0.25, 0.3) is 5.91 Å². The normalized spacial score (nSPS) is 17.7. The Balaban J connectivity index is 1.36. The molecule has 2 aliphatic rings. The van der Waals surface area contributed by atoms with Gasteiger partial charge in [-0.05, 0) is 24.3 Å². The number of likely N-dealkylation sites (tertiary alicyclic amines) is 1. The second kappa shape index (κ2) is 7.38. The molecule has 146 valence electrons. The Labute approximate surface area is 169 Å². The highest BCUT2D eigenvalue weighted by Gasteiger charge is 2.33. The van der Waals surface area contributed by atoms with Crippen LogP contribution in [0, 0.1) is 0 Å². The van der Waals surface area contributed by atoms with Gasteiger partial charge < -0.3 is 14.2 Å². The lowest BCUT2D eigenvalue weighted by atomic mass is 10.2. The first-order chi connectivity index (χ1) is 13.4. The molecule has 28 heavy (non-hydrogen) atoms. The molecule has 1 aromatic heterocycles. The molecule has 2 saturated heterocycles. The monoisotopic (exact) mass is 447 g/mol. The van der Waals surface area contributed by atoms with Crippen molar-refractivity contribution in [1.82, 2.24) is 14.7 Å². The standard InChI is InChI=1S/C19H18BrN3O5/c20-13-1-2-14-12(9-13)10-15(28-14)19(27)22-7-5-21(6-8-22)18(26)11-23-16(24)3-4-17(23)25/h1-2,9-10H,3-8,11H2. The average Bonchev–Trinajstić information content (AvgIpc) is 3.25. The van der Waals surface area contributed by atoms with Crippen molar-refractivity contribution < 1.29 is 23.6 Å². The van der Waals surface area contributed by atoms with Gasteiger partial charge in [0, 0.05) is 48.9 Å². The Hall–Kier alpha value is -2.68. The summed E-state index contributed by atoms with van der Waals surface area (Å²) in [6.07, 6.45) is 0.338. The van der Waals surface area contributed by atoms with Gasteiger partial charge >= 0.3 is 0 Å². The number of halogens is 1. The van der Waals surface area contributed by atoms with E-state index in [1.807, 2.05) is 12.1 Å². The molecule has 2 aliphatic heterocycles. The van der Waals surface area contributed by atoms with Crippen LogP contribution in [0.1, 0.15) is 23.4 Å². The molecule has 2 aromatic rings. The number of fused-ring (bicyclic) bond motifs is 1. The summed E-state index contributed by atoms with van der Waals surface area (Å²) in [6, 6.07) is 7.24. The zero-order valence-corrected chi connectivity index (χ0v) is 16.6. The Kier molecular flexibility index (Phi) is 4.92. The van der Waals surface area contributed by atoms with Crippen molar-refractivity contribution in [3.63, 3.8) is 0 Å². The van der Waals surface area contributed by atoms with Crippen LogP contribution in [0.4, 0.5) is 0 Å². The largest absolute Gasteiger partial charge is 0.451 e. The molecule has 9 heteroatoms. The number of imide groups is 1. The second-order valence-electron chi connectivity index (χ2n) is 6.84. The minimum Gasteiger partial charge on any atom is -0.451 e. The SMILES string of the molecule is O=C(CN1C(=O)CCC1=O)N1CCN(C(=O)c2cc3cc(Br)ccc3o2)CC1. The molecule has 0 N–H and O–H groups in total. The van der Waals surface area contributed by atoms with E-state index in [0.29, 0.717) is 31.8 Å². The first-order valence-electron chi connectivity index (χ1n) is 9.02. The molecule has 0 saturated carbocycles. The van der Waals surface area contributed by atoms with Crippen LogP contribution in [-0.2, 0) is 14.4 Å². The Morgan fingerprint density at radius 2 is 1.61 bits per heavy atom. The van der Waals surface area contributed by atoms with Crippen LogP contribution in [-0.4, -0.2) is 71.1 Å². The minimum atomic E-state index is -0.302. The number of nitrogens with zero attached hydrogens (tertiary/aromatic N) is 3. The van der Waals surface area contributed by atoms with Crippen molar-refractivity contribution in [3.8, 4) is 0 Å². The summed E-state index contributed by atoms with van der Waals surface area (Å²) in [7, 11) is 0. The molecule has 0 bridgehead atoms. The van der Waals surface area contributed by atoms with Crippen LogP contribution >= 0.6 is 15.9 Å². The van der Waals surface area contributed by atoms with E-state index in [0.717, 1.165) is 14.8 Å². The summed E-state index contributed by atoms with van der Waals surface area (Å²) >= 11 is 3.39. The first-order valence-corrected chi connectivity index (χ1v) is 9.81. The van der Waals surface area contributed by atoms with Crippen LogP contribution in [0.2, 0.25) is 0 Å². The van der Waals surface area contributed by atoms with Gasteiger partial charge in [-0.3, -0.25) is 24.1 Å². The summed E-state index contributed by atoms with van der Waals surface area (Å²) < 4.78 is 6.55. The fourth-order valence-corrected chi connectivity index (χ4v) is 3.85. The van der Waals surface area contributed by atoms with Gasteiger partial charge in [-0.15, -0.1) is 0 Å². The van der Waals surface area contributed by atoms with Crippen LogP contribution < -0.4 is 0 Å². The number of hydrogen-bond acceptors (Lipinski definition) is 5. The Morgan fingerprint density at radius 1 is 0.964 bits per heavy atom. The van der Waals surface area contributed by atoms with Gasteiger partial charge in [-0.25, -0.2) is 0 Å².